The number of amides is 1. The monoisotopic (exact) mass is 504 g/mol. The number of benzene rings is 2. The Morgan fingerprint density at radius 2 is 1.69 bits per heavy atom. The van der Waals surface area contributed by atoms with Crippen molar-refractivity contribution >= 4 is 29.1 Å². The highest BCUT2D eigenvalue weighted by Crippen LogP contribution is 2.38. The summed E-state index contributed by atoms with van der Waals surface area (Å²) in [5, 5.41) is 27.0. The number of aliphatic carboxylic acids is 1. The van der Waals surface area contributed by atoms with Crippen LogP contribution in [0, 0.1) is 0 Å². The molecule has 184 valence electrons. The molecule has 36 heavy (non-hydrogen) atoms. The summed E-state index contributed by atoms with van der Waals surface area (Å²) in [6.07, 6.45) is 8.67. The number of carboxylic acids is 1. The molecule has 3 N–H and O–H groups in total. The van der Waals surface area contributed by atoms with E-state index >= 15 is 0 Å². The number of carbonyl (C=O) groups excluding carboxylic acids is 1. The van der Waals surface area contributed by atoms with Gasteiger partial charge in [0.15, 0.2) is 11.7 Å². The molecule has 0 radical (unpaired) electrons. The first-order chi connectivity index (χ1) is 17.4. The Bertz CT molecular complexity index is 1410. The van der Waals surface area contributed by atoms with Crippen LogP contribution in [0.25, 0.3) is 16.8 Å². The van der Waals surface area contributed by atoms with Crippen molar-refractivity contribution in [1.82, 2.24) is 19.9 Å². The Morgan fingerprint density at radius 3 is 2.36 bits per heavy atom. The quantitative estimate of drug-likeness (QED) is 0.325. The first-order valence-corrected chi connectivity index (χ1v) is 12.3. The molecule has 0 unspecified atom stereocenters. The molecule has 1 saturated carbocycles. The van der Waals surface area contributed by atoms with Crippen molar-refractivity contribution in [3.63, 3.8) is 0 Å². The van der Waals surface area contributed by atoms with Crippen LogP contribution < -0.4 is 5.32 Å². The van der Waals surface area contributed by atoms with E-state index in [0.29, 0.717) is 16.2 Å². The Kier molecular flexibility index (Phi) is 6.61. The van der Waals surface area contributed by atoms with E-state index in [-0.39, 0.29) is 17.2 Å². The summed E-state index contributed by atoms with van der Waals surface area (Å²) in [6, 6.07) is 12.0. The zero-order valence-corrected chi connectivity index (χ0v) is 20.2. The van der Waals surface area contributed by atoms with Crippen LogP contribution in [0.4, 0.5) is 0 Å². The number of aromatic nitrogens is 3. The van der Waals surface area contributed by atoms with Gasteiger partial charge < -0.3 is 15.5 Å². The molecule has 1 aliphatic rings. The van der Waals surface area contributed by atoms with Gasteiger partial charge in [-0.1, -0.05) is 55.1 Å². The number of hydrogen-bond acceptors (Lipinski definition) is 5. The molecule has 0 spiro atoms. The molecule has 1 atom stereocenters. The second-order valence-corrected chi connectivity index (χ2v) is 9.47. The van der Waals surface area contributed by atoms with Crippen molar-refractivity contribution in [3.05, 3.63) is 82.8 Å². The second-order valence-electron chi connectivity index (χ2n) is 9.03. The van der Waals surface area contributed by atoms with Gasteiger partial charge >= 0.3 is 5.97 Å². The van der Waals surface area contributed by atoms with Crippen molar-refractivity contribution in [2.45, 2.75) is 44.1 Å². The van der Waals surface area contributed by atoms with Gasteiger partial charge in [-0.3, -0.25) is 4.79 Å². The number of phenolic OH excluding ortho intramolecular Hbond substituents is 1. The van der Waals surface area contributed by atoms with E-state index in [0.717, 1.165) is 42.5 Å². The van der Waals surface area contributed by atoms with Gasteiger partial charge in [0.25, 0.3) is 5.91 Å². The lowest BCUT2D eigenvalue weighted by Crippen LogP contribution is -2.33. The normalized spacial score (nSPS) is 15.0. The number of hydrogen-bond donors (Lipinski definition) is 3. The van der Waals surface area contributed by atoms with Crippen LogP contribution >= 0.6 is 11.6 Å². The largest absolute Gasteiger partial charge is 0.508 e. The van der Waals surface area contributed by atoms with E-state index in [4.69, 9.17) is 11.6 Å². The highest BCUT2D eigenvalue weighted by molar-refractivity contribution is 6.30. The maximum absolute atomic E-state index is 13.2. The molecule has 1 fully saturated rings. The van der Waals surface area contributed by atoms with Gasteiger partial charge in [-0.05, 0) is 48.2 Å². The number of halogens is 1. The number of fused-ring (bicyclic) bond motifs is 1. The molecule has 1 aliphatic carbocycles. The minimum atomic E-state index is -1.29. The SMILES string of the molecule is O=C(N[C@H](C(=O)O)c1ccc(O)cc1)c1cnn2c(C3CCCCC3)c(-c3ccc(Cl)cc3)cnc12. The molecule has 5 rings (SSSR count). The first-order valence-electron chi connectivity index (χ1n) is 11.9. The fraction of sp³-hybridized carbons (Fsp3) is 0.259. The molecule has 2 aromatic carbocycles. The van der Waals surface area contributed by atoms with E-state index in [1.165, 1.54) is 36.9 Å². The van der Waals surface area contributed by atoms with Gasteiger partial charge in [0, 0.05) is 22.7 Å². The molecule has 4 aromatic rings. The van der Waals surface area contributed by atoms with Crippen LogP contribution in [0.15, 0.2) is 60.9 Å². The van der Waals surface area contributed by atoms with Crippen LogP contribution in [-0.4, -0.2) is 36.7 Å². The fourth-order valence-corrected chi connectivity index (χ4v) is 5.02. The molecule has 0 saturated heterocycles. The maximum atomic E-state index is 13.2. The Morgan fingerprint density at radius 1 is 1.00 bits per heavy atom. The molecule has 1 amide bonds. The van der Waals surface area contributed by atoms with Gasteiger partial charge in [-0.2, -0.15) is 5.10 Å². The Balaban J connectivity index is 1.55. The summed E-state index contributed by atoms with van der Waals surface area (Å²) in [7, 11) is 0. The summed E-state index contributed by atoms with van der Waals surface area (Å²) >= 11 is 6.10. The van der Waals surface area contributed by atoms with Crippen molar-refractivity contribution < 1.29 is 19.8 Å². The standard InChI is InChI=1S/C27H25ClN4O4/c28-19-10-6-16(7-11-19)21-14-29-25-22(15-30-32(25)24(21)18-4-2-1-3-5-18)26(34)31-23(27(35)36)17-8-12-20(33)13-9-17/h6-15,18,23,33H,1-5H2,(H,31,34)(H,35,36)/t23-/m0/s1. The molecule has 0 bridgehead atoms. The predicted octanol–water partition coefficient (Wildman–Crippen LogP) is 5.36. The third kappa shape index (κ3) is 4.64. The maximum Gasteiger partial charge on any atom is 0.330 e. The lowest BCUT2D eigenvalue weighted by Gasteiger charge is -2.25. The highest BCUT2D eigenvalue weighted by Gasteiger charge is 2.28. The van der Waals surface area contributed by atoms with Gasteiger partial charge in [0.05, 0.1) is 11.9 Å². The molecule has 0 aliphatic heterocycles. The average Bonchev–Trinajstić information content (AvgIpc) is 3.32. The van der Waals surface area contributed by atoms with Crippen molar-refractivity contribution in [1.29, 1.82) is 0 Å². The first kappa shape index (κ1) is 23.8. The van der Waals surface area contributed by atoms with E-state index in [2.05, 4.69) is 15.4 Å². The summed E-state index contributed by atoms with van der Waals surface area (Å²) in [5.74, 6) is -1.54. The minimum absolute atomic E-state index is 0.00720. The van der Waals surface area contributed by atoms with Gasteiger partial charge in [0.2, 0.25) is 0 Å². The fourth-order valence-electron chi connectivity index (χ4n) is 4.89. The van der Waals surface area contributed by atoms with Crippen LogP contribution in [0.2, 0.25) is 5.02 Å². The third-order valence-corrected chi connectivity index (χ3v) is 6.96. The van der Waals surface area contributed by atoms with Crippen LogP contribution in [0.3, 0.4) is 0 Å². The number of nitrogens with one attached hydrogen (secondary N) is 1. The zero-order valence-electron chi connectivity index (χ0n) is 19.4. The van der Waals surface area contributed by atoms with Crippen LogP contribution in [0.5, 0.6) is 5.75 Å². The van der Waals surface area contributed by atoms with E-state index in [1.807, 2.05) is 24.3 Å². The Hall–Kier alpha value is -3.91. The van der Waals surface area contributed by atoms with Crippen molar-refractivity contribution in [2.24, 2.45) is 0 Å². The number of phenols is 1. The van der Waals surface area contributed by atoms with Crippen LogP contribution in [-0.2, 0) is 4.79 Å². The summed E-state index contributed by atoms with van der Waals surface area (Å²) in [4.78, 5) is 29.7. The summed E-state index contributed by atoms with van der Waals surface area (Å²) in [6.45, 7) is 0. The van der Waals surface area contributed by atoms with Crippen molar-refractivity contribution in [2.75, 3.05) is 0 Å². The molecule has 8 nitrogen and oxygen atoms in total. The number of carbonyl (C=O) groups is 2. The molecule has 2 heterocycles. The summed E-state index contributed by atoms with van der Waals surface area (Å²) in [5.41, 5.74) is 3.81. The number of carboxylic acid groups (broad SMARTS) is 1. The molecular weight excluding hydrogens is 480 g/mol. The number of aromatic hydroxyl groups is 1. The molecule has 2 aromatic heterocycles. The van der Waals surface area contributed by atoms with E-state index < -0.39 is 17.9 Å². The van der Waals surface area contributed by atoms with Gasteiger partial charge in [-0.25, -0.2) is 14.3 Å². The number of rotatable bonds is 6. The highest BCUT2D eigenvalue weighted by atomic mass is 35.5. The third-order valence-electron chi connectivity index (χ3n) is 6.70. The zero-order chi connectivity index (χ0) is 25.2. The second kappa shape index (κ2) is 9.99. The lowest BCUT2D eigenvalue weighted by atomic mass is 9.84. The molecule has 9 heteroatoms. The van der Waals surface area contributed by atoms with Crippen molar-refractivity contribution in [3.8, 4) is 16.9 Å². The Labute approximate surface area is 212 Å². The smallest absolute Gasteiger partial charge is 0.330 e. The predicted molar refractivity (Wildman–Crippen MR) is 135 cm³/mol. The number of nitrogens with zero attached hydrogens (tertiary/aromatic N) is 3. The lowest BCUT2D eigenvalue weighted by molar-refractivity contribution is -0.139. The molecular formula is C27H25ClN4O4. The average molecular weight is 505 g/mol. The topological polar surface area (TPSA) is 117 Å². The van der Waals surface area contributed by atoms with Crippen LogP contribution in [0.1, 0.15) is 65.7 Å². The van der Waals surface area contributed by atoms with Gasteiger partial charge in [-0.15, -0.1) is 0 Å². The van der Waals surface area contributed by atoms with E-state index in [1.54, 1.807) is 10.7 Å². The summed E-state index contributed by atoms with van der Waals surface area (Å²) < 4.78 is 1.73. The minimum Gasteiger partial charge on any atom is -0.508 e. The van der Waals surface area contributed by atoms with Gasteiger partial charge in [0.1, 0.15) is 11.3 Å². The van der Waals surface area contributed by atoms with E-state index in [9.17, 15) is 19.8 Å².